The van der Waals surface area contributed by atoms with Crippen molar-refractivity contribution in [3.05, 3.63) is 42.0 Å². The van der Waals surface area contributed by atoms with E-state index in [2.05, 4.69) is 58.5 Å². The van der Waals surface area contributed by atoms with Crippen molar-refractivity contribution in [1.82, 2.24) is 0 Å². The number of benzene rings is 1. The predicted octanol–water partition coefficient (Wildman–Crippen LogP) is 6.10. The summed E-state index contributed by atoms with van der Waals surface area (Å²) in [7, 11) is -2.10. The summed E-state index contributed by atoms with van der Waals surface area (Å²) in [5.74, 6) is 0. The number of hydrogen-bond acceptors (Lipinski definition) is 2. The third kappa shape index (κ3) is 5.38. The first kappa shape index (κ1) is 19.1. The van der Waals surface area contributed by atoms with Crippen LogP contribution in [0.15, 0.2) is 30.8 Å². The third-order valence-electron chi connectivity index (χ3n) is 3.94. The SMILES string of the molecule is C=Cc1ccc(C(CC)O[Si](CCC)(CCC)OCC)cc1. The highest BCUT2D eigenvalue weighted by molar-refractivity contribution is 6.67. The van der Waals surface area contributed by atoms with E-state index in [1.54, 1.807) is 0 Å². The van der Waals surface area contributed by atoms with Crippen LogP contribution in [-0.4, -0.2) is 15.2 Å². The van der Waals surface area contributed by atoms with E-state index in [1.807, 2.05) is 6.08 Å². The maximum atomic E-state index is 6.66. The molecule has 0 aliphatic rings. The lowest BCUT2D eigenvalue weighted by atomic mass is 10.1. The summed E-state index contributed by atoms with van der Waals surface area (Å²) in [4.78, 5) is 0. The molecular weight excluding hydrogens is 288 g/mol. The molecule has 2 nitrogen and oxygen atoms in total. The molecule has 0 amide bonds. The van der Waals surface area contributed by atoms with E-state index < -0.39 is 8.56 Å². The fourth-order valence-corrected chi connectivity index (χ4v) is 6.65. The lowest BCUT2D eigenvalue weighted by Crippen LogP contribution is -2.43. The molecule has 0 aromatic heterocycles. The molecule has 0 aliphatic carbocycles. The fraction of sp³-hybridized carbons (Fsp3) is 0.579. The molecule has 1 aromatic carbocycles. The molecule has 124 valence electrons. The summed E-state index contributed by atoms with van der Waals surface area (Å²) >= 11 is 0. The first-order valence-electron chi connectivity index (χ1n) is 8.68. The van der Waals surface area contributed by atoms with E-state index in [0.717, 1.165) is 43.5 Å². The van der Waals surface area contributed by atoms with Crippen molar-refractivity contribution in [2.45, 2.75) is 65.1 Å². The molecule has 0 N–H and O–H groups in total. The quantitative estimate of drug-likeness (QED) is 0.459. The van der Waals surface area contributed by atoms with Gasteiger partial charge in [0.25, 0.3) is 0 Å². The first-order valence-corrected chi connectivity index (χ1v) is 10.9. The molecule has 0 spiro atoms. The van der Waals surface area contributed by atoms with Gasteiger partial charge in [0.05, 0.1) is 6.10 Å². The molecule has 0 fully saturated rings. The van der Waals surface area contributed by atoms with Gasteiger partial charge in [-0.2, -0.15) is 0 Å². The van der Waals surface area contributed by atoms with Gasteiger partial charge in [-0.3, -0.25) is 0 Å². The molecular formula is C19H32O2Si. The third-order valence-corrected chi connectivity index (χ3v) is 7.99. The first-order chi connectivity index (χ1) is 10.6. The second kappa shape index (κ2) is 9.98. The second-order valence-electron chi connectivity index (χ2n) is 5.73. The van der Waals surface area contributed by atoms with Crippen LogP contribution in [0.4, 0.5) is 0 Å². The lowest BCUT2D eigenvalue weighted by Gasteiger charge is -2.34. The second-order valence-corrected chi connectivity index (χ2v) is 9.07. The minimum atomic E-state index is -2.10. The van der Waals surface area contributed by atoms with Crippen molar-refractivity contribution in [3.63, 3.8) is 0 Å². The van der Waals surface area contributed by atoms with Gasteiger partial charge in [0.2, 0.25) is 0 Å². The molecule has 0 radical (unpaired) electrons. The van der Waals surface area contributed by atoms with Crippen LogP contribution < -0.4 is 0 Å². The fourth-order valence-electron chi connectivity index (χ4n) is 2.94. The predicted molar refractivity (Wildman–Crippen MR) is 98.2 cm³/mol. The minimum absolute atomic E-state index is 0.134. The molecule has 0 aliphatic heterocycles. The van der Waals surface area contributed by atoms with Crippen molar-refractivity contribution in [2.24, 2.45) is 0 Å². The van der Waals surface area contributed by atoms with Crippen LogP contribution in [-0.2, 0) is 8.85 Å². The van der Waals surface area contributed by atoms with Crippen molar-refractivity contribution >= 4 is 14.6 Å². The summed E-state index contributed by atoms with van der Waals surface area (Å²) in [6, 6.07) is 10.7. The Morgan fingerprint density at radius 1 is 1.05 bits per heavy atom. The molecule has 1 atom stereocenters. The summed E-state index contributed by atoms with van der Waals surface area (Å²) in [5.41, 5.74) is 2.39. The zero-order valence-corrected chi connectivity index (χ0v) is 15.7. The van der Waals surface area contributed by atoms with E-state index in [0.29, 0.717) is 0 Å². The van der Waals surface area contributed by atoms with Crippen molar-refractivity contribution in [3.8, 4) is 0 Å². The van der Waals surface area contributed by atoms with Gasteiger partial charge in [-0.15, -0.1) is 0 Å². The molecule has 0 bridgehead atoms. The number of rotatable bonds is 11. The van der Waals surface area contributed by atoms with Gasteiger partial charge in [0, 0.05) is 6.61 Å². The largest absolute Gasteiger partial charge is 0.394 e. The van der Waals surface area contributed by atoms with Gasteiger partial charge in [0.15, 0.2) is 0 Å². The van der Waals surface area contributed by atoms with Gasteiger partial charge in [-0.25, -0.2) is 0 Å². The zero-order chi connectivity index (χ0) is 16.4. The molecule has 3 heteroatoms. The van der Waals surface area contributed by atoms with Crippen LogP contribution in [0.3, 0.4) is 0 Å². The van der Waals surface area contributed by atoms with E-state index in [1.165, 1.54) is 5.56 Å². The van der Waals surface area contributed by atoms with Crippen LogP contribution in [0.5, 0.6) is 0 Å². The highest BCUT2D eigenvalue weighted by Gasteiger charge is 2.38. The Labute approximate surface area is 137 Å². The highest BCUT2D eigenvalue weighted by atomic mass is 28.4. The maximum absolute atomic E-state index is 6.66. The standard InChI is InChI=1S/C19H32O2Si/c1-6-15-22(16-7-2,20-10-5)21-19(9-4)18-13-11-17(8-3)12-14-18/h8,11-14,19H,3,6-7,9-10,15-16H2,1-2,4-5H3. The Morgan fingerprint density at radius 3 is 2.05 bits per heavy atom. The Hall–Kier alpha value is -0.903. The number of hydrogen-bond donors (Lipinski definition) is 0. The average Bonchev–Trinajstić information content (AvgIpc) is 2.53. The molecule has 1 unspecified atom stereocenters. The maximum Gasteiger partial charge on any atom is 0.338 e. The Bertz CT molecular complexity index is 411. The van der Waals surface area contributed by atoms with Gasteiger partial charge >= 0.3 is 8.56 Å². The van der Waals surface area contributed by atoms with Crippen LogP contribution in [0.25, 0.3) is 6.08 Å². The van der Waals surface area contributed by atoms with Crippen LogP contribution in [0.1, 0.15) is 64.2 Å². The summed E-state index contributed by atoms with van der Waals surface area (Å²) in [6.07, 6.45) is 5.23. The molecule has 0 saturated heterocycles. The van der Waals surface area contributed by atoms with Crippen LogP contribution in [0, 0.1) is 0 Å². The minimum Gasteiger partial charge on any atom is -0.394 e. The van der Waals surface area contributed by atoms with E-state index >= 15 is 0 Å². The summed E-state index contributed by atoms with van der Waals surface area (Å²) in [6.45, 7) is 13.3. The van der Waals surface area contributed by atoms with Crippen molar-refractivity contribution in [2.75, 3.05) is 6.61 Å². The van der Waals surface area contributed by atoms with Gasteiger partial charge in [-0.1, -0.05) is 70.5 Å². The summed E-state index contributed by atoms with van der Waals surface area (Å²) < 4.78 is 12.9. The normalized spacial score (nSPS) is 13.1. The van der Waals surface area contributed by atoms with Gasteiger partial charge in [0.1, 0.15) is 0 Å². The van der Waals surface area contributed by atoms with Gasteiger partial charge in [-0.05, 0) is 36.6 Å². The molecule has 0 saturated carbocycles. The summed E-state index contributed by atoms with van der Waals surface area (Å²) in [5, 5.41) is 0. The molecule has 1 aromatic rings. The van der Waals surface area contributed by atoms with Crippen LogP contribution in [0.2, 0.25) is 12.1 Å². The Morgan fingerprint density at radius 2 is 1.64 bits per heavy atom. The average molecular weight is 321 g/mol. The van der Waals surface area contributed by atoms with Crippen LogP contribution >= 0.6 is 0 Å². The molecule has 22 heavy (non-hydrogen) atoms. The molecule has 0 heterocycles. The zero-order valence-electron chi connectivity index (χ0n) is 14.7. The lowest BCUT2D eigenvalue weighted by molar-refractivity contribution is 0.111. The van der Waals surface area contributed by atoms with E-state index in [4.69, 9.17) is 8.85 Å². The topological polar surface area (TPSA) is 18.5 Å². The Balaban J connectivity index is 2.96. The van der Waals surface area contributed by atoms with Crippen molar-refractivity contribution < 1.29 is 8.85 Å². The van der Waals surface area contributed by atoms with Gasteiger partial charge < -0.3 is 8.85 Å². The molecule has 1 rings (SSSR count). The smallest absolute Gasteiger partial charge is 0.338 e. The van der Waals surface area contributed by atoms with E-state index in [-0.39, 0.29) is 6.10 Å². The van der Waals surface area contributed by atoms with E-state index in [9.17, 15) is 0 Å². The highest BCUT2D eigenvalue weighted by Crippen LogP contribution is 2.32. The monoisotopic (exact) mass is 320 g/mol. The van der Waals surface area contributed by atoms with Crippen molar-refractivity contribution in [1.29, 1.82) is 0 Å². The Kier molecular flexibility index (Phi) is 8.69.